The van der Waals surface area contributed by atoms with Crippen LogP contribution in [0, 0.1) is 11.7 Å². The maximum absolute atomic E-state index is 14.9. The van der Waals surface area contributed by atoms with E-state index in [-0.39, 0.29) is 49.0 Å². The number of amides is 3. The Morgan fingerprint density at radius 2 is 2.08 bits per heavy atom. The second-order valence-electron chi connectivity index (χ2n) is 9.47. The van der Waals surface area contributed by atoms with Crippen LogP contribution in [0.4, 0.5) is 14.0 Å². The monoisotopic (exact) mass is 528 g/mol. The van der Waals surface area contributed by atoms with Gasteiger partial charge in [0.15, 0.2) is 0 Å². The zero-order valence-electron chi connectivity index (χ0n) is 20.8. The highest BCUT2D eigenvalue weighted by atomic mass is 35.5. The Morgan fingerprint density at radius 3 is 2.81 bits per heavy atom. The number of morpholine rings is 1. The van der Waals surface area contributed by atoms with E-state index in [1.54, 1.807) is 17.0 Å². The van der Waals surface area contributed by atoms with Gasteiger partial charge in [-0.2, -0.15) is 0 Å². The molecule has 3 atom stereocenters. The normalized spacial score (nSPS) is 20.5. The molecule has 202 valence electrons. The van der Waals surface area contributed by atoms with Gasteiger partial charge in [-0.15, -0.1) is 0 Å². The molecule has 1 aromatic rings. The number of urea groups is 1. The van der Waals surface area contributed by atoms with Crippen LogP contribution in [-0.4, -0.2) is 80.7 Å². The van der Waals surface area contributed by atoms with Crippen molar-refractivity contribution in [2.75, 3.05) is 46.4 Å². The number of carbonyl (C=O) groups excluding carboxylic acids is 1. The number of carboxylic acid groups (broad SMARTS) is 1. The molecular weight excluding hydrogens is 491 g/mol. The van der Waals surface area contributed by atoms with Crippen LogP contribution in [0.1, 0.15) is 50.2 Å². The summed E-state index contributed by atoms with van der Waals surface area (Å²) < 4.78 is 26.7. The lowest BCUT2D eigenvalue weighted by molar-refractivity contribution is -0.106. The Bertz CT molecular complexity index is 858. The lowest BCUT2D eigenvalue weighted by Gasteiger charge is -2.38. The third-order valence-electron chi connectivity index (χ3n) is 6.80. The molecule has 1 heterocycles. The van der Waals surface area contributed by atoms with E-state index in [2.05, 4.69) is 16.0 Å². The van der Waals surface area contributed by atoms with Gasteiger partial charge >= 0.3 is 12.1 Å². The second kappa shape index (κ2) is 14.6. The molecule has 0 aromatic heterocycles. The van der Waals surface area contributed by atoms with Gasteiger partial charge in [0, 0.05) is 31.2 Å². The van der Waals surface area contributed by atoms with Gasteiger partial charge in [0.25, 0.3) is 0 Å². The highest BCUT2D eigenvalue weighted by molar-refractivity contribution is 6.30. The Hall–Kier alpha value is -2.14. The van der Waals surface area contributed by atoms with E-state index in [0.717, 1.165) is 6.42 Å². The third kappa shape index (κ3) is 8.47. The van der Waals surface area contributed by atoms with E-state index in [0.29, 0.717) is 19.0 Å². The molecule has 2 fully saturated rings. The van der Waals surface area contributed by atoms with Gasteiger partial charge in [-0.25, -0.2) is 14.0 Å². The fourth-order valence-electron chi connectivity index (χ4n) is 5.06. The van der Waals surface area contributed by atoms with Crippen molar-refractivity contribution in [1.29, 1.82) is 0 Å². The summed E-state index contributed by atoms with van der Waals surface area (Å²) in [4.78, 5) is 25.6. The quantitative estimate of drug-likeness (QED) is 0.325. The van der Waals surface area contributed by atoms with E-state index >= 15 is 0 Å². The molecular formula is C25H38ClFN4O5. The van der Waals surface area contributed by atoms with Crippen molar-refractivity contribution in [3.63, 3.8) is 0 Å². The summed E-state index contributed by atoms with van der Waals surface area (Å²) in [6, 6.07) is 4.46. The zero-order valence-corrected chi connectivity index (χ0v) is 21.6. The second-order valence-corrected chi connectivity index (χ2v) is 9.87. The summed E-state index contributed by atoms with van der Waals surface area (Å²) >= 11 is 6.00. The van der Waals surface area contributed by atoms with Gasteiger partial charge in [0.1, 0.15) is 18.0 Å². The average molecular weight is 529 g/mol. The summed E-state index contributed by atoms with van der Waals surface area (Å²) in [5.74, 6) is -0.0000594. The summed E-state index contributed by atoms with van der Waals surface area (Å²) in [5, 5.41) is 17.3. The number of nitrogens with one attached hydrogen (secondary N) is 3. The Balaban J connectivity index is 1.66. The van der Waals surface area contributed by atoms with E-state index in [9.17, 15) is 14.0 Å². The highest BCUT2D eigenvalue weighted by Gasteiger charge is 2.34. The maximum Gasteiger partial charge on any atom is 0.404 e. The van der Waals surface area contributed by atoms with Gasteiger partial charge in [-0.3, -0.25) is 0 Å². The number of carbonyl (C=O) groups is 2. The molecule has 4 N–H and O–H groups in total. The molecule has 1 aromatic carbocycles. The minimum atomic E-state index is -1.18. The third-order valence-corrected chi connectivity index (χ3v) is 7.09. The number of halogens is 2. The van der Waals surface area contributed by atoms with Gasteiger partial charge in [-0.05, 0) is 25.5 Å². The van der Waals surface area contributed by atoms with Crippen LogP contribution in [0.15, 0.2) is 18.2 Å². The van der Waals surface area contributed by atoms with Crippen LogP contribution < -0.4 is 16.0 Å². The average Bonchev–Trinajstić information content (AvgIpc) is 2.87. The van der Waals surface area contributed by atoms with Crippen LogP contribution in [0.25, 0.3) is 0 Å². The minimum absolute atomic E-state index is 0.000604. The van der Waals surface area contributed by atoms with Gasteiger partial charge in [0.05, 0.1) is 24.8 Å². The van der Waals surface area contributed by atoms with Crippen molar-refractivity contribution in [3.05, 3.63) is 34.6 Å². The van der Waals surface area contributed by atoms with Crippen LogP contribution in [0.2, 0.25) is 5.02 Å². The SMILES string of the molecule is CNC[C@H](CC1CCCCC1)NC(=O)N1CCO[C@@H](C(OCCNC(=O)O)c2cccc(Cl)c2F)C1. The molecule has 1 saturated heterocycles. The zero-order chi connectivity index (χ0) is 25.9. The molecule has 3 amide bonds. The van der Waals surface area contributed by atoms with E-state index in [1.165, 1.54) is 38.2 Å². The number of hydrogen-bond donors (Lipinski definition) is 4. The van der Waals surface area contributed by atoms with Crippen LogP contribution in [0.5, 0.6) is 0 Å². The maximum atomic E-state index is 14.9. The molecule has 11 heteroatoms. The van der Waals surface area contributed by atoms with Crippen molar-refractivity contribution in [3.8, 4) is 0 Å². The molecule has 2 aliphatic rings. The highest BCUT2D eigenvalue weighted by Crippen LogP contribution is 2.31. The first-order chi connectivity index (χ1) is 17.4. The fraction of sp³-hybridized carbons (Fsp3) is 0.680. The van der Waals surface area contributed by atoms with Crippen LogP contribution >= 0.6 is 11.6 Å². The summed E-state index contributed by atoms with van der Waals surface area (Å²) in [6.45, 7) is 1.59. The number of ether oxygens (including phenoxy) is 2. The largest absolute Gasteiger partial charge is 0.465 e. The van der Waals surface area contributed by atoms with Gasteiger partial charge < -0.3 is 35.4 Å². The van der Waals surface area contributed by atoms with E-state index in [1.807, 2.05) is 7.05 Å². The standard InChI is InChI=1S/C25H38ClFN4O5/c1-28-15-18(14-17-6-3-2-4-7-17)30-24(32)31-11-13-35-21(16-31)23(36-12-10-29-25(33)34)19-8-5-9-20(26)22(19)27/h5,8-9,17-18,21,23,28-29H,2-4,6-7,10-16H2,1H3,(H,30,32)(H,33,34)/t18-,21+,23?/m0/s1. The topological polar surface area (TPSA) is 112 Å². The molecule has 1 saturated carbocycles. The Morgan fingerprint density at radius 1 is 1.31 bits per heavy atom. The molecule has 3 rings (SSSR count). The lowest BCUT2D eigenvalue weighted by Crippen LogP contribution is -2.54. The Labute approximate surface area is 217 Å². The molecule has 1 unspecified atom stereocenters. The van der Waals surface area contributed by atoms with E-state index < -0.39 is 24.1 Å². The first-order valence-corrected chi connectivity index (χ1v) is 13.1. The number of benzene rings is 1. The molecule has 0 spiro atoms. The first-order valence-electron chi connectivity index (χ1n) is 12.7. The van der Waals surface area contributed by atoms with Crippen molar-refractivity contribution >= 4 is 23.7 Å². The Kier molecular flexibility index (Phi) is 11.5. The first kappa shape index (κ1) is 28.4. The predicted molar refractivity (Wildman–Crippen MR) is 135 cm³/mol. The summed E-state index contributed by atoms with van der Waals surface area (Å²) in [7, 11) is 1.88. The molecule has 36 heavy (non-hydrogen) atoms. The summed E-state index contributed by atoms with van der Waals surface area (Å²) in [5.41, 5.74) is 0.204. The molecule has 0 radical (unpaired) electrons. The number of rotatable bonds is 11. The molecule has 1 aliphatic carbocycles. The van der Waals surface area contributed by atoms with Crippen molar-refractivity contribution in [1.82, 2.24) is 20.9 Å². The number of hydrogen-bond acceptors (Lipinski definition) is 5. The van der Waals surface area contributed by atoms with Crippen LogP contribution in [-0.2, 0) is 9.47 Å². The molecule has 1 aliphatic heterocycles. The van der Waals surface area contributed by atoms with Crippen molar-refractivity contribution in [2.45, 2.75) is 56.8 Å². The van der Waals surface area contributed by atoms with Gasteiger partial charge in [-0.1, -0.05) is 55.8 Å². The minimum Gasteiger partial charge on any atom is -0.465 e. The fourth-order valence-corrected chi connectivity index (χ4v) is 5.24. The van der Waals surface area contributed by atoms with Gasteiger partial charge in [0.2, 0.25) is 0 Å². The summed E-state index contributed by atoms with van der Waals surface area (Å²) in [6.07, 6.45) is 4.44. The van der Waals surface area contributed by atoms with Crippen LogP contribution in [0.3, 0.4) is 0 Å². The lowest BCUT2D eigenvalue weighted by atomic mass is 9.85. The molecule has 0 bridgehead atoms. The number of nitrogens with zero attached hydrogens (tertiary/aromatic N) is 1. The van der Waals surface area contributed by atoms with Crippen molar-refractivity contribution < 1.29 is 28.6 Å². The number of likely N-dealkylation sites (N-methyl/N-ethyl adjacent to an activating group) is 1. The smallest absolute Gasteiger partial charge is 0.404 e. The van der Waals surface area contributed by atoms with Crippen molar-refractivity contribution in [2.24, 2.45) is 5.92 Å². The van der Waals surface area contributed by atoms with E-state index in [4.69, 9.17) is 26.2 Å². The molecule has 9 nitrogen and oxygen atoms in total. The predicted octanol–water partition coefficient (Wildman–Crippen LogP) is 3.77.